The topological polar surface area (TPSA) is 53.6 Å². The van der Waals surface area contributed by atoms with E-state index < -0.39 is 0 Å². The molecular formula is C15H25N3O2. The molecule has 5 nitrogen and oxygen atoms in total. The number of carbonyl (C=O) groups excluding carboxylic acids is 1. The van der Waals surface area contributed by atoms with Gasteiger partial charge in [-0.1, -0.05) is 12.1 Å². The van der Waals surface area contributed by atoms with Crippen LogP contribution in [0.2, 0.25) is 0 Å². The first-order valence-corrected chi connectivity index (χ1v) is 6.90. The molecule has 0 aromatic heterocycles. The number of nitrogens with zero attached hydrogens (tertiary/aromatic N) is 1. The molecule has 0 heterocycles. The maximum atomic E-state index is 11.3. The van der Waals surface area contributed by atoms with Gasteiger partial charge in [0, 0.05) is 33.7 Å². The predicted molar refractivity (Wildman–Crippen MR) is 81.0 cm³/mol. The molecule has 0 aliphatic rings. The molecule has 0 saturated carbocycles. The average Bonchev–Trinajstić information content (AvgIpc) is 2.39. The Hall–Kier alpha value is -1.75. The largest absolute Gasteiger partial charge is 0.491 e. The van der Waals surface area contributed by atoms with Gasteiger partial charge in [-0.05, 0) is 31.5 Å². The summed E-state index contributed by atoms with van der Waals surface area (Å²) in [6.45, 7) is 6.16. The van der Waals surface area contributed by atoms with E-state index in [2.05, 4.69) is 10.6 Å². The summed E-state index contributed by atoms with van der Waals surface area (Å²) < 4.78 is 5.59. The highest BCUT2D eigenvalue weighted by molar-refractivity contribution is 5.73. The van der Waals surface area contributed by atoms with Crippen LogP contribution >= 0.6 is 0 Å². The molecule has 2 amide bonds. The molecule has 1 aromatic carbocycles. The van der Waals surface area contributed by atoms with Crippen molar-refractivity contribution in [1.29, 1.82) is 0 Å². The van der Waals surface area contributed by atoms with Crippen molar-refractivity contribution in [3.63, 3.8) is 0 Å². The Morgan fingerprint density at radius 3 is 2.40 bits per heavy atom. The lowest BCUT2D eigenvalue weighted by Gasteiger charge is -2.12. The molecule has 0 atom stereocenters. The summed E-state index contributed by atoms with van der Waals surface area (Å²) in [4.78, 5) is 12.8. The lowest BCUT2D eigenvalue weighted by Crippen LogP contribution is -2.38. The molecule has 112 valence electrons. The zero-order chi connectivity index (χ0) is 15.0. The number of hydrogen-bond acceptors (Lipinski definition) is 3. The minimum atomic E-state index is -0.0676. The molecule has 0 aliphatic carbocycles. The van der Waals surface area contributed by atoms with Gasteiger partial charge in [0.2, 0.25) is 0 Å². The summed E-state index contributed by atoms with van der Waals surface area (Å²) in [6, 6.07) is 7.98. The standard InChI is InChI=1S/C15H25N3O2/c1-12(2)20-14-7-5-13(6-8-14)11-16-9-10-17-15(19)18(3)4/h5-8,12,16H,9-11H2,1-4H3,(H,17,19). The third kappa shape index (κ3) is 6.43. The van der Waals surface area contributed by atoms with Crippen molar-refractivity contribution >= 4 is 6.03 Å². The number of ether oxygens (including phenoxy) is 1. The van der Waals surface area contributed by atoms with Gasteiger partial charge in [-0.25, -0.2) is 4.79 Å². The van der Waals surface area contributed by atoms with E-state index in [0.29, 0.717) is 6.54 Å². The van der Waals surface area contributed by atoms with Crippen molar-refractivity contribution in [2.45, 2.75) is 26.5 Å². The average molecular weight is 279 g/mol. The SMILES string of the molecule is CC(C)Oc1ccc(CNCCNC(=O)N(C)C)cc1. The highest BCUT2D eigenvalue weighted by Crippen LogP contribution is 2.13. The van der Waals surface area contributed by atoms with Crippen LogP contribution in [-0.2, 0) is 6.54 Å². The number of hydrogen-bond donors (Lipinski definition) is 2. The van der Waals surface area contributed by atoms with Crippen LogP contribution in [0.1, 0.15) is 19.4 Å². The minimum absolute atomic E-state index is 0.0676. The van der Waals surface area contributed by atoms with Gasteiger partial charge in [0.1, 0.15) is 5.75 Å². The summed E-state index contributed by atoms with van der Waals surface area (Å²) >= 11 is 0. The number of urea groups is 1. The van der Waals surface area contributed by atoms with E-state index in [9.17, 15) is 4.79 Å². The summed E-state index contributed by atoms with van der Waals surface area (Å²) in [7, 11) is 3.45. The van der Waals surface area contributed by atoms with Crippen molar-refractivity contribution in [2.24, 2.45) is 0 Å². The first-order valence-electron chi connectivity index (χ1n) is 6.90. The van der Waals surface area contributed by atoms with Crippen LogP contribution in [0.3, 0.4) is 0 Å². The van der Waals surface area contributed by atoms with E-state index >= 15 is 0 Å². The normalized spacial score (nSPS) is 10.4. The quantitative estimate of drug-likeness (QED) is 0.749. The third-order valence-corrected chi connectivity index (χ3v) is 2.61. The Balaban J connectivity index is 2.20. The van der Waals surface area contributed by atoms with Gasteiger partial charge in [-0.3, -0.25) is 0 Å². The molecule has 0 saturated heterocycles. The monoisotopic (exact) mass is 279 g/mol. The predicted octanol–water partition coefficient (Wildman–Crippen LogP) is 1.83. The molecule has 0 spiro atoms. The maximum absolute atomic E-state index is 11.3. The fourth-order valence-electron chi connectivity index (χ4n) is 1.61. The van der Waals surface area contributed by atoms with Gasteiger partial charge in [0.25, 0.3) is 0 Å². The highest BCUT2D eigenvalue weighted by Gasteiger charge is 2.01. The van der Waals surface area contributed by atoms with Gasteiger partial charge in [-0.15, -0.1) is 0 Å². The maximum Gasteiger partial charge on any atom is 0.316 e. The van der Waals surface area contributed by atoms with E-state index in [0.717, 1.165) is 18.8 Å². The second-order valence-corrected chi connectivity index (χ2v) is 5.11. The molecule has 1 aromatic rings. The lowest BCUT2D eigenvalue weighted by atomic mass is 10.2. The van der Waals surface area contributed by atoms with Crippen LogP contribution in [0.5, 0.6) is 5.75 Å². The summed E-state index contributed by atoms with van der Waals surface area (Å²) in [6.07, 6.45) is 0.194. The minimum Gasteiger partial charge on any atom is -0.491 e. The van der Waals surface area contributed by atoms with E-state index in [1.54, 1.807) is 14.1 Å². The van der Waals surface area contributed by atoms with E-state index in [4.69, 9.17) is 4.74 Å². The van der Waals surface area contributed by atoms with Crippen molar-refractivity contribution < 1.29 is 9.53 Å². The Bertz CT molecular complexity index is 402. The van der Waals surface area contributed by atoms with Crippen LogP contribution in [0.25, 0.3) is 0 Å². The molecule has 20 heavy (non-hydrogen) atoms. The Morgan fingerprint density at radius 1 is 1.20 bits per heavy atom. The highest BCUT2D eigenvalue weighted by atomic mass is 16.5. The van der Waals surface area contributed by atoms with Gasteiger partial charge < -0.3 is 20.3 Å². The second kappa shape index (κ2) is 8.43. The van der Waals surface area contributed by atoms with Crippen LogP contribution in [0.15, 0.2) is 24.3 Å². The molecule has 0 bridgehead atoms. The van der Waals surface area contributed by atoms with E-state index in [-0.39, 0.29) is 12.1 Å². The number of amides is 2. The molecule has 5 heteroatoms. The molecule has 2 N–H and O–H groups in total. The zero-order valence-corrected chi connectivity index (χ0v) is 12.8. The fraction of sp³-hybridized carbons (Fsp3) is 0.533. The van der Waals surface area contributed by atoms with E-state index in [1.165, 1.54) is 10.5 Å². The summed E-state index contributed by atoms with van der Waals surface area (Å²) in [5, 5.41) is 6.09. The number of benzene rings is 1. The Labute approximate surface area is 121 Å². The van der Waals surface area contributed by atoms with E-state index in [1.807, 2.05) is 38.1 Å². The molecule has 0 unspecified atom stereocenters. The van der Waals surface area contributed by atoms with Gasteiger partial charge in [0.15, 0.2) is 0 Å². The van der Waals surface area contributed by atoms with Gasteiger partial charge in [-0.2, -0.15) is 0 Å². The molecule has 0 aliphatic heterocycles. The van der Waals surface area contributed by atoms with Crippen LogP contribution in [-0.4, -0.2) is 44.2 Å². The fourth-order valence-corrected chi connectivity index (χ4v) is 1.61. The number of rotatable bonds is 7. The molecule has 0 radical (unpaired) electrons. The summed E-state index contributed by atoms with van der Waals surface area (Å²) in [5.74, 6) is 0.891. The van der Waals surface area contributed by atoms with Crippen molar-refractivity contribution in [1.82, 2.24) is 15.5 Å². The van der Waals surface area contributed by atoms with Crippen molar-refractivity contribution in [3.8, 4) is 5.75 Å². The Kier molecular flexibility index (Phi) is 6.87. The molecule has 1 rings (SSSR count). The first kappa shape index (κ1) is 16.3. The Morgan fingerprint density at radius 2 is 1.85 bits per heavy atom. The van der Waals surface area contributed by atoms with Crippen molar-refractivity contribution in [2.75, 3.05) is 27.2 Å². The van der Waals surface area contributed by atoms with Gasteiger partial charge in [0.05, 0.1) is 6.10 Å². The first-order chi connectivity index (χ1) is 9.49. The number of carbonyl (C=O) groups is 1. The lowest BCUT2D eigenvalue weighted by molar-refractivity contribution is 0.217. The number of nitrogens with one attached hydrogen (secondary N) is 2. The summed E-state index contributed by atoms with van der Waals surface area (Å²) in [5.41, 5.74) is 1.19. The molecular weight excluding hydrogens is 254 g/mol. The van der Waals surface area contributed by atoms with Crippen LogP contribution < -0.4 is 15.4 Å². The van der Waals surface area contributed by atoms with Crippen molar-refractivity contribution in [3.05, 3.63) is 29.8 Å². The molecule has 0 fully saturated rings. The second-order valence-electron chi connectivity index (χ2n) is 5.11. The smallest absolute Gasteiger partial charge is 0.316 e. The van der Waals surface area contributed by atoms with Gasteiger partial charge >= 0.3 is 6.03 Å². The van der Waals surface area contributed by atoms with Crippen LogP contribution in [0, 0.1) is 0 Å². The zero-order valence-electron chi connectivity index (χ0n) is 12.8. The van der Waals surface area contributed by atoms with Crippen LogP contribution in [0.4, 0.5) is 4.79 Å². The third-order valence-electron chi connectivity index (χ3n) is 2.61.